The van der Waals surface area contributed by atoms with E-state index in [0.29, 0.717) is 12.1 Å². The average molecular weight is 312 g/mol. The van der Waals surface area contributed by atoms with E-state index >= 15 is 0 Å². The molecule has 3 rings (SSSR count). The van der Waals surface area contributed by atoms with Crippen LogP contribution in [0.5, 0.6) is 0 Å². The first-order valence-corrected chi connectivity index (χ1v) is 7.72. The van der Waals surface area contributed by atoms with Gasteiger partial charge in [0.2, 0.25) is 0 Å². The molecule has 0 atom stereocenters. The van der Waals surface area contributed by atoms with E-state index in [1.54, 1.807) is 28.3 Å². The van der Waals surface area contributed by atoms with Crippen molar-refractivity contribution in [1.82, 2.24) is 9.13 Å². The van der Waals surface area contributed by atoms with Crippen LogP contribution in [0.2, 0.25) is 0 Å². The van der Waals surface area contributed by atoms with Crippen molar-refractivity contribution >= 4 is 11.0 Å². The van der Waals surface area contributed by atoms with E-state index in [0.717, 1.165) is 16.6 Å². The van der Waals surface area contributed by atoms with Crippen LogP contribution in [0, 0.1) is 11.2 Å². The number of halogens is 1. The zero-order valence-corrected chi connectivity index (χ0v) is 13.9. The Morgan fingerprint density at radius 1 is 1.04 bits per heavy atom. The standard InChI is InChI=1S/C19H21FN2O/c1-19(2,3)12-22-16-10-9-13(11-17(16)21(4)18(22)23)14-7-5-6-8-15(14)20/h5-11H,12H2,1-4H3. The summed E-state index contributed by atoms with van der Waals surface area (Å²) >= 11 is 0. The van der Waals surface area contributed by atoms with Gasteiger partial charge in [0.05, 0.1) is 11.0 Å². The molecule has 0 bridgehead atoms. The number of aromatic nitrogens is 2. The number of aryl methyl sites for hydroxylation is 1. The molecule has 23 heavy (non-hydrogen) atoms. The van der Waals surface area contributed by atoms with E-state index in [1.165, 1.54) is 6.07 Å². The Labute approximate surface area is 135 Å². The molecule has 0 aliphatic carbocycles. The second kappa shape index (κ2) is 5.37. The minimum absolute atomic E-state index is 0.00230. The molecule has 0 amide bonds. The summed E-state index contributed by atoms with van der Waals surface area (Å²) in [5.41, 5.74) is 2.99. The van der Waals surface area contributed by atoms with Crippen molar-refractivity contribution in [1.29, 1.82) is 0 Å². The normalized spacial score (nSPS) is 12.0. The first-order valence-electron chi connectivity index (χ1n) is 7.72. The fourth-order valence-electron chi connectivity index (χ4n) is 2.90. The molecule has 120 valence electrons. The molecule has 0 N–H and O–H groups in total. The lowest BCUT2D eigenvalue weighted by molar-refractivity contribution is 0.342. The van der Waals surface area contributed by atoms with Gasteiger partial charge >= 0.3 is 5.69 Å². The number of fused-ring (bicyclic) bond motifs is 1. The van der Waals surface area contributed by atoms with Crippen LogP contribution in [0.4, 0.5) is 4.39 Å². The molecule has 2 aromatic carbocycles. The monoisotopic (exact) mass is 312 g/mol. The highest BCUT2D eigenvalue weighted by atomic mass is 19.1. The van der Waals surface area contributed by atoms with Gasteiger partial charge in [0.15, 0.2) is 0 Å². The predicted octanol–water partition coefficient (Wildman–Crippen LogP) is 4.19. The van der Waals surface area contributed by atoms with Crippen LogP contribution in [0.1, 0.15) is 20.8 Å². The molecular formula is C19H21FN2O. The Morgan fingerprint density at radius 3 is 2.39 bits per heavy atom. The van der Waals surface area contributed by atoms with Crippen molar-refractivity contribution in [2.45, 2.75) is 27.3 Å². The SMILES string of the molecule is Cn1c(=O)n(CC(C)(C)C)c2ccc(-c3ccccc3F)cc21. The largest absolute Gasteiger partial charge is 0.328 e. The van der Waals surface area contributed by atoms with Crippen LogP contribution in [0.15, 0.2) is 47.3 Å². The summed E-state index contributed by atoms with van der Waals surface area (Å²) < 4.78 is 17.4. The molecule has 3 aromatic rings. The molecule has 0 radical (unpaired) electrons. The first kappa shape index (κ1) is 15.5. The highest BCUT2D eigenvalue weighted by molar-refractivity contribution is 5.82. The third kappa shape index (κ3) is 2.81. The summed E-state index contributed by atoms with van der Waals surface area (Å²) in [7, 11) is 1.76. The summed E-state index contributed by atoms with van der Waals surface area (Å²) in [4.78, 5) is 12.5. The molecule has 0 saturated carbocycles. The second-order valence-corrected chi connectivity index (χ2v) is 7.17. The number of imidazole rings is 1. The van der Waals surface area contributed by atoms with Gasteiger partial charge in [-0.1, -0.05) is 45.0 Å². The number of hydrogen-bond acceptors (Lipinski definition) is 1. The Bertz CT molecular complexity index is 929. The molecule has 0 unspecified atom stereocenters. The summed E-state index contributed by atoms with van der Waals surface area (Å²) in [6, 6.07) is 12.3. The number of nitrogens with zero attached hydrogens (tertiary/aromatic N) is 2. The van der Waals surface area contributed by atoms with E-state index in [4.69, 9.17) is 0 Å². The van der Waals surface area contributed by atoms with E-state index < -0.39 is 0 Å². The minimum atomic E-state index is -0.258. The molecule has 4 heteroatoms. The van der Waals surface area contributed by atoms with Gasteiger partial charge in [-0.2, -0.15) is 0 Å². The summed E-state index contributed by atoms with van der Waals surface area (Å²) in [5, 5.41) is 0. The van der Waals surface area contributed by atoms with Crippen molar-refractivity contribution in [3.63, 3.8) is 0 Å². The van der Waals surface area contributed by atoms with Crippen LogP contribution in [-0.2, 0) is 13.6 Å². The predicted molar refractivity (Wildman–Crippen MR) is 92.0 cm³/mol. The summed E-state index contributed by atoms with van der Waals surface area (Å²) in [6.07, 6.45) is 0. The van der Waals surface area contributed by atoms with E-state index in [2.05, 4.69) is 20.8 Å². The molecule has 0 spiro atoms. The van der Waals surface area contributed by atoms with Gasteiger partial charge in [0, 0.05) is 19.2 Å². The molecule has 1 aromatic heterocycles. The lowest BCUT2D eigenvalue weighted by Gasteiger charge is -2.18. The van der Waals surface area contributed by atoms with Crippen LogP contribution in [-0.4, -0.2) is 9.13 Å². The maximum Gasteiger partial charge on any atom is 0.328 e. The Hall–Kier alpha value is -2.36. The zero-order valence-electron chi connectivity index (χ0n) is 13.9. The van der Waals surface area contributed by atoms with E-state index in [1.807, 2.05) is 24.3 Å². The van der Waals surface area contributed by atoms with Crippen LogP contribution in [0.3, 0.4) is 0 Å². The van der Waals surface area contributed by atoms with E-state index in [-0.39, 0.29) is 16.9 Å². The second-order valence-electron chi connectivity index (χ2n) is 7.17. The maximum absolute atomic E-state index is 14.0. The van der Waals surface area contributed by atoms with Gasteiger partial charge in [-0.3, -0.25) is 9.13 Å². The third-order valence-corrected chi connectivity index (χ3v) is 3.96. The Kier molecular flexibility index (Phi) is 3.63. The number of hydrogen-bond donors (Lipinski definition) is 0. The fraction of sp³-hybridized carbons (Fsp3) is 0.316. The molecular weight excluding hydrogens is 291 g/mol. The molecule has 0 aliphatic rings. The van der Waals surface area contributed by atoms with Gasteiger partial charge in [-0.15, -0.1) is 0 Å². The van der Waals surface area contributed by atoms with Crippen molar-refractivity contribution in [3.8, 4) is 11.1 Å². The highest BCUT2D eigenvalue weighted by Crippen LogP contribution is 2.27. The van der Waals surface area contributed by atoms with Gasteiger partial charge in [-0.05, 0) is 29.2 Å². The quantitative estimate of drug-likeness (QED) is 0.697. The lowest BCUT2D eigenvalue weighted by Crippen LogP contribution is -2.27. The molecule has 0 fully saturated rings. The smallest absolute Gasteiger partial charge is 0.295 e. The number of rotatable bonds is 2. The Morgan fingerprint density at radius 2 is 1.74 bits per heavy atom. The molecule has 3 nitrogen and oxygen atoms in total. The minimum Gasteiger partial charge on any atom is -0.295 e. The van der Waals surface area contributed by atoms with Crippen molar-refractivity contribution < 1.29 is 4.39 Å². The van der Waals surface area contributed by atoms with Gasteiger partial charge in [0.25, 0.3) is 0 Å². The van der Waals surface area contributed by atoms with Crippen molar-refractivity contribution in [2.24, 2.45) is 12.5 Å². The molecule has 0 aliphatic heterocycles. The summed E-state index contributed by atoms with van der Waals surface area (Å²) in [5.74, 6) is -0.258. The van der Waals surface area contributed by atoms with Crippen molar-refractivity contribution in [2.75, 3.05) is 0 Å². The van der Waals surface area contributed by atoms with Crippen molar-refractivity contribution in [3.05, 3.63) is 58.8 Å². The topological polar surface area (TPSA) is 26.9 Å². The molecule has 1 heterocycles. The van der Waals surface area contributed by atoms with E-state index in [9.17, 15) is 9.18 Å². The zero-order chi connectivity index (χ0) is 16.8. The van der Waals surface area contributed by atoms with Gasteiger partial charge in [0.1, 0.15) is 5.82 Å². The Balaban J connectivity index is 2.21. The third-order valence-electron chi connectivity index (χ3n) is 3.96. The summed E-state index contributed by atoms with van der Waals surface area (Å²) in [6.45, 7) is 6.95. The highest BCUT2D eigenvalue weighted by Gasteiger charge is 2.18. The molecule has 0 saturated heterocycles. The van der Waals surface area contributed by atoms with Crippen LogP contribution >= 0.6 is 0 Å². The number of benzene rings is 2. The maximum atomic E-state index is 14.0. The van der Waals surface area contributed by atoms with Gasteiger partial charge < -0.3 is 0 Å². The van der Waals surface area contributed by atoms with Crippen LogP contribution < -0.4 is 5.69 Å². The van der Waals surface area contributed by atoms with Gasteiger partial charge in [-0.25, -0.2) is 9.18 Å². The average Bonchev–Trinajstić information content (AvgIpc) is 2.71. The fourth-order valence-corrected chi connectivity index (χ4v) is 2.90. The lowest BCUT2D eigenvalue weighted by atomic mass is 9.97. The first-order chi connectivity index (χ1) is 10.8. The van der Waals surface area contributed by atoms with Crippen LogP contribution in [0.25, 0.3) is 22.2 Å².